The Morgan fingerprint density at radius 2 is 1.92 bits per heavy atom. The Hall–Kier alpha value is -3.19. The molecule has 1 aliphatic heterocycles. The molecule has 2 N–H and O–H groups in total. The normalized spacial score (nSPS) is 16.5. The summed E-state index contributed by atoms with van der Waals surface area (Å²) in [5.41, 5.74) is 6.76. The lowest BCUT2D eigenvalue weighted by molar-refractivity contribution is -0.130. The van der Waals surface area contributed by atoms with Crippen LogP contribution in [-0.2, 0) is 9.53 Å². The molecule has 1 atom stereocenters. The van der Waals surface area contributed by atoms with Gasteiger partial charge in [0.2, 0.25) is 0 Å². The third-order valence-corrected chi connectivity index (χ3v) is 4.30. The van der Waals surface area contributed by atoms with Crippen LogP contribution in [0.2, 0.25) is 0 Å². The highest BCUT2D eigenvalue weighted by molar-refractivity contribution is 6.01. The highest BCUT2D eigenvalue weighted by Gasteiger charge is 2.24. The largest absolute Gasteiger partial charge is 0.368 e. The number of carbonyl (C=O) groups excluding carboxylic acids is 2. The summed E-state index contributed by atoms with van der Waals surface area (Å²) in [7, 11) is 0. The summed E-state index contributed by atoms with van der Waals surface area (Å²) in [5, 5.41) is 4.76. The summed E-state index contributed by atoms with van der Waals surface area (Å²) in [6, 6.07) is 14.6. The van der Waals surface area contributed by atoms with Crippen LogP contribution in [0.25, 0.3) is 22.2 Å². The molecule has 2 aromatic carbocycles. The van der Waals surface area contributed by atoms with Gasteiger partial charge in [-0.1, -0.05) is 35.5 Å². The molecule has 0 aliphatic carbocycles. The van der Waals surface area contributed by atoms with Crippen LogP contribution in [0.5, 0.6) is 0 Å². The van der Waals surface area contributed by atoms with Gasteiger partial charge >= 0.3 is 0 Å². The molecule has 1 aliphatic rings. The smallest absolute Gasteiger partial charge is 0.269 e. The number of hydrogen-bond donors (Lipinski definition) is 2. The Labute approximate surface area is 149 Å². The minimum Gasteiger partial charge on any atom is -0.368 e. The fraction of sp³-hybridized carbons (Fsp3) is 0.211. The number of rotatable bonds is 3. The number of amides is 2. The highest BCUT2D eigenvalue weighted by Crippen LogP contribution is 2.29. The minimum absolute atomic E-state index is 0.341. The Kier molecular flexibility index (Phi) is 4.37. The zero-order chi connectivity index (χ0) is 17.9. The minimum atomic E-state index is -0.500. The standard InChI is InChI=1S/C19H17N3O4/c23-18(20-21-19(24)16-7-4-10-25-16)13-8-9-15-14(11-13)17(26-22-15)12-5-2-1-3-6-12/h1-3,5-6,8-9,11,16H,4,7,10H2,(H,20,23)(H,21,24). The number of hydrogen-bond acceptors (Lipinski definition) is 5. The summed E-state index contributed by atoms with van der Waals surface area (Å²) in [6.07, 6.45) is 1.01. The number of fused-ring (bicyclic) bond motifs is 1. The lowest BCUT2D eigenvalue weighted by Gasteiger charge is -2.11. The van der Waals surface area contributed by atoms with E-state index in [4.69, 9.17) is 9.26 Å². The van der Waals surface area contributed by atoms with Crippen molar-refractivity contribution < 1.29 is 18.8 Å². The topological polar surface area (TPSA) is 93.5 Å². The summed E-state index contributed by atoms with van der Waals surface area (Å²) >= 11 is 0. The second kappa shape index (κ2) is 6.97. The van der Waals surface area contributed by atoms with Gasteiger partial charge in [0.25, 0.3) is 11.8 Å². The van der Waals surface area contributed by atoms with E-state index >= 15 is 0 Å². The van der Waals surface area contributed by atoms with E-state index in [1.54, 1.807) is 18.2 Å². The van der Waals surface area contributed by atoms with Crippen molar-refractivity contribution in [2.24, 2.45) is 0 Å². The molecule has 0 saturated carbocycles. The molecule has 2 amide bonds. The SMILES string of the molecule is O=C(NNC(=O)C1CCCO1)c1ccc2noc(-c3ccccc3)c2c1. The van der Waals surface area contributed by atoms with Crippen molar-refractivity contribution in [2.75, 3.05) is 6.61 Å². The second-order valence-electron chi connectivity index (χ2n) is 6.05. The Morgan fingerprint density at radius 3 is 2.69 bits per heavy atom. The first kappa shape index (κ1) is 16.3. The molecular weight excluding hydrogens is 334 g/mol. The molecule has 132 valence electrons. The van der Waals surface area contributed by atoms with E-state index in [-0.39, 0.29) is 5.91 Å². The lowest BCUT2D eigenvalue weighted by Crippen LogP contribution is -2.46. The van der Waals surface area contributed by atoms with Crippen molar-refractivity contribution in [3.05, 3.63) is 54.1 Å². The van der Waals surface area contributed by atoms with E-state index in [0.717, 1.165) is 17.4 Å². The van der Waals surface area contributed by atoms with Crippen LogP contribution in [0.3, 0.4) is 0 Å². The first-order valence-electron chi connectivity index (χ1n) is 8.39. The van der Waals surface area contributed by atoms with Gasteiger partial charge in [0.05, 0.1) is 5.39 Å². The monoisotopic (exact) mass is 351 g/mol. The van der Waals surface area contributed by atoms with Crippen molar-refractivity contribution in [1.82, 2.24) is 16.0 Å². The fourth-order valence-electron chi connectivity index (χ4n) is 2.94. The Bertz CT molecular complexity index is 946. The van der Waals surface area contributed by atoms with Crippen LogP contribution in [-0.4, -0.2) is 29.7 Å². The van der Waals surface area contributed by atoms with Crippen LogP contribution in [0.1, 0.15) is 23.2 Å². The van der Waals surface area contributed by atoms with Crippen LogP contribution in [0, 0.1) is 0 Å². The number of benzene rings is 2. The number of aromatic nitrogens is 1. The average molecular weight is 351 g/mol. The van der Waals surface area contributed by atoms with Crippen molar-refractivity contribution in [3.63, 3.8) is 0 Å². The van der Waals surface area contributed by atoms with Crippen LogP contribution < -0.4 is 10.9 Å². The molecule has 2 heterocycles. The van der Waals surface area contributed by atoms with Gasteiger partial charge in [-0.15, -0.1) is 0 Å². The quantitative estimate of drug-likeness (QED) is 0.707. The number of carbonyl (C=O) groups is 2. The van der Waals surface area contributed by atoms with Gasteiger partial charge in [0.15, 0.2) is 5.76 Å². The molecule has 0 radical (unpaired) electrons. The van der Waals surface area contributed by atoms with E-state index in [0.29, 0.717) is 29.9 Å². The van der Waals surface area contributed by atoms with E-state index in [2.05, 4.69) is 16.0 Å². The molecule has 7 nitrogen and oxygen atoms in total. The Balaban J connectivity index is 1.53. The molecule has 4 rings (SSSR count). The maximum atomic E-state index is 12.4. The van der Waals surface area contributed by atoms with Gasteiger partial charge in [-0.2, -0.15) is 0 Å². The predicted molar refractivity (Wildman–Crippen MR) is 94.0 cm³/mol. The zero-order valence-electron chi connectivity index (χ0n) is 13.9. The zero-order valence-corrected chi connectivity index (χ0v) is 13.9. The molecule has 7 heteroatoms. The van der Waals surface area contributed by atoms with Crippen molar-refractivity contribution in [3.8, 4) is 11.3 Å². The summed E-state index contributed by atoms with van der Waals surface area (Å²) in [4.78, 5) is 24.3. The van der Waals surface area contributed by atoms with Crippen LogP contribution in [0.4, 0.5) is 0 Å². The molecular formula is C19H17N3O4. The number of ether oxygens (including phenoxy) is 1. The van der Waals surface area contributed by atoms with Gasteiger partial charge in [0.1, 0.15) is 11.6 Å². The van der Waals surface area contributed by atoms with E-state index < -0.39 is 12.0 Å². The van der Waals surface area contributed by atoms with Crippen LogP contribution in [0.15, 0.2) is 53.1 Å². The van der Waals surface area contributed by atoms with E-state index in [9.17, 15) is 9.59 Å². The van der Waals surface area contributed by atoms with Gasteiger partial charge in [-0.3, -0.25) is 20.4 Å². The number of hydrazine groups is 1. The molecule has 1 unspecified atom stereocenters. The van der Waals surface area contributed by atoms with E-state index in [1.807, 2.05) is 30.3 Å². The maximum absolute atomic E-state index is 12.4. The molecule has 26 heavy (non-hydrogen) atoms. The van der Waals surface area contributed by atoms with Crippen molar-refractivity contribution in [2.45, 2.75) is 18.9 Å². The first-order valence-corrected chi connectivity index (χ1v) is 8.39. The highest BCUT2D eigenvalue weighted by atomic mass is 16.5. The van der Waals surface area contributed by atoms with Gasteiger partial charge < -0.3 is 9.26 Å². The Morgan fingerprint density at radius 1 is 1.08 bits per heavy atom. The molecule has 0 bridgehead atoms. The maximum Gasteiger partial charge on any atom is 0.269 e. The number of nitrogens with zero attached hydrogens (tertiary/aromatic N) is 1. The number of nitrogens with one attached hydrogen (secondary N) is 2. The third kappa shape index (κ3) is 3.16. The third-order valence-electron chi connectivity index (χ3n) is 4.30. The first-order chi connectivity index (χ1) is 12.7. The summed E-state index contributed by atoms with van der Waals surface area (Å²) in [5.74, 6) is -0.163. The van der Waals surface area contributed by atoms with Crippen molar-refractivity contribution >= 4 is 22.7 Å². The van der Waals surface area contributed by atoms with Gasteiger partial charge in [0, 0.05) is 17.7 Å². The fourth-order valence-corrected chi connectivity index (χ4v) is 2.94. The van der Waals surface area contributed by atoms with Crippen LogP contribution >= 0.6 is 0 Å². The second-order valence-corrected chi connectivity index (χ2v) is 6.05. The van der Waals surface area contributed by atoms with Crippen molar-refractivity contribution in [1.29, 1.82) is 0 Å². The molecule has 3 aromatic rings. The van der Waals surface area contributed by atoms with Gasteiger partial charge in [-0.05, 0) is 31.0 Å². The molecule has 1 aromatic heterocycles. The van der Waals surface area contributed by atoms with E-state index in [1.165, 1.54) is 0 Å². The lowest BCUT2D eigenvalue weighted by atomic mass is 10.1. The summed E-state index contributed by atoms with van der Waals surface area (Å²) < 4.78 is 10.7. The predicted octanol–water partition coefficient (Wildman–Crippen LogP) is 2.43. The summed E-state index contributed by atoms with van der Waals surface area (Å²) in [6.45, 7) is 0.568. The van der Waals surface area contributed by atoms with Gasteiger partial charge in [-0.25, -0.2) is 0 Å². The molecule has 0 spiro atoms. The average Bonchev–Trinajstić information content (AvgIpc) is 3.36. The molecule has 1 saturated heterocycles. The molecule has 1 fully saturated rings.